The Labute approximate surface area is 146 Å². The minimum Gasteiger partial charge on any atom is -0.462 e. The van der Waals surface area contributed by atoms with Crippen LogP contribution in [0.5, 0.6) is 0 Å². The van der Waals surface area contributed by atoms with E-state index in [2.05, 4.69) is 5.32 Å². The highest BCUT2D eigenvalue weighted by atomic mass is 32.2. The number of aryl methyl sites for hydroxylation is 1. The molecule has 0 spiro atoms. The fourth-order valence-electron chi connectivity index (χ4n) is 1.91. The first-order chi connectivity index (χ1) is 11.4. The minimum atomic E-state index is -2.50. The molecule has 2 aromatic rings. The van der Waals surface area contributed by atoms with Crippen LogP contribution in [-0.2, 0) is 4.74 Å². The van der Waals surface area contributed by atoms with Crippen LogP contribution in [0, 0.1) is 6.92 Å². The van der Waals surface area contributed by atoms with Gasteiger partial charge in [-0.15, -0.1) is 11.3 Å². The van der Waals surface area contributed by atoms with Gasteiger partial charge in [-0.3, -0.25) is 4.79 Å². The number of nitrogens with one attached hydrogen (secondary N) is 1. The lowest BCUT2D eigenvalue weighted by Crippen LogP contribution is -2.10. The van der Waals surface area contributed by atoms with Crippen molar-refractivity contribution < 1.29 is 23.1 Å². The summed E-state index contributed by atoms with van der Waals surface area (Å²) in [5.41, 5.74) is 1.06. The van der Waals surface area contributed by atoms with Gasteiger partial charge in [0.2, 0.25) is 0 Å². The maximum absolute atomic E-state index is 12.3. The average Bonchev–Trinajstić information content (AvgIpc) is 2.88. The summed E-state index contributed by atoms with van der Waals surface area (Å²) < 4.78 is 29.5. The SMILES string of the molecule is CCOC(=O)c1sc(NC(=O)c2ccc(SC(F)F)cc2)cc1C. The number of thioether (sulfide) groups is 1. The molecule has 0 aliphatic carbocycles. The lowest BCUT2D eigenvalue weighted by molar-refractivity contribution is 0.0531. The van der Waals surface area contributed by atoms with E-state index in [9.17, 15) is 18.4 Å². The number of esters is 1. The van der Waals surface area contributed by atoms with Crippen molar-refractivity contribution >= 4 is 40.0 Å². The largest absolute Gasteiger partial charge is 0.462 e. The first-order valence-corrected chi connectivity index (χ1v) is 8.74. The number of amides is 1. The predicted octanol–water partition coefficient (Wildman–Crippen LogP) is 4.80. The van der Waals surface area contributed by atoms with Crippen LogP contribution in [0.15, 0.2) is 35.2 Å². The molecule has 1 amide bonds. The highest BCUT2D eigenvalue weighted by molar-refractivity contribution is 7.99. The van der Waals surface area contributed by atoms with E-state index in [-0.39, 0.29) is 12.5 Å². The Morgan fingerprint density at radius 2 is 1.96 bits per heavy atom. The topological polar surface area (TPSA) is 55.4 Å². The van der Waals surface area contributed by atoms with Gasteiger partial charge >= 0.3 is 5.97 Å². The fourth-order valence-corrected chi connectivity index (χ4v) is 3.38. The third kappa shape index (κ3) is 4.78. The molecule has 0 radical (unpaired) electrons. The molecule has 0 bridgehead atoms. The van der Waals surface area contributed by atoms with Crippen LogP contribution >= 0.6 is 23.1 Å². The van der Waals surface area contributed by atoms with Crippen LogP contribution in [0.2, 0.25) is 0 Å². The van der Waals surface area contributed by atoms with Gasteiger partial charge < -0.3 is 10.1 Å². The smallest absolute Gasteiger partial charge is 0.348 e. The fraction of sp³-hybridized carbons (Fsp3) is 0.250. The molecule has 4 nitrogen and oxygen atoms in total. The maximum atomic E-state index is 12.3. The van der Waals surface area contributed by atoms with Gasteiger partial charge in [0.1, 0.15) is 4.88 Å². The standard InChI is InChI=1S/C16H15F2NO3S2/c1-3-22-15(21)13-9(2)8-12(24-13)19-14(20)10-4-6-11(7-5-10)23-16(17)18/h4-8,16H,3H2,1-2H3,(H,19,20). The van der Waals surface area contributed by atoms with Gasteiger partial charge in [0.25, 0.3) is 11.7 Å². The van der Waals surface area contributed by atoms with E-state index in [1.165, 1.54) is 24.3 Å². The number of carbonyl (C=O) groups excluding carboxylic acids is 2. The number of rotatable bonds is 6. The molecular weight excluding hydrogens is 356 g/mol. The summed E-state index contributed by atoms with van der Waals surface area (Å²) in [6.07, 6.45) is 0. The molecule has 128 valence electrons. The van der Waals surface area contributed by atoms with Gasteiger partial charge in [-0.1, -0.05) is 11.8 Å². The van der Waals surface area contributed by atoms with Gasteiger partial charge in [-0.2, -0.15) is 8.78 Å². The zero-order valence-corrected chi connectivity index (χ0v) is 14.6. The van der Waals surface area contributed by atoms with Crippen LogP contribution in [0.4, 0.5) is 13.8 Å². The first-order valence-electron chi connectivity index (χ1n) is 7.04. The molecule has 0 saturated carbocycles. The molecule has 2 rings (SSSR count). The van der Waals surface area contributed by atoms with E-state index in [1.54, 1.807) is 19.9 Å². The Balaban J connectivity index is 2.07. The van der Waals surface area contributed by atoms with Gasteiger partial charge in [0.15, 0.2) is 0 Å². The van der Waals surface area contributed by atoms with E-state index >= 15 is 0 Å². The number of benzene rings is 1. The van der Waals surface area contributed by atoms with Gasteiger partial charge in [-0.25, -0.2) is 4.79 Å². The van der Waals surface area contributed by atoms with Crippen molar-refractivity contribution in [2.45, 2.75) is 24.5 Å². The van der Waals surface area contributed by atoms with Crippen molar-refractivity contribution in [3.63, 3.8) is 0 Å². The Kier molecular flexibility index (Phi) is 6.33. The molecule has 0 aliphatic heterocycles. The van der Waals surface area contributed by atoms with Crippen LogP contribution in [0.25, 0.3) is 0 Å². The zero-order chi connectivity index (χ0) is 17.7. The molecule has 1 aromatic heterocycles. The predicted molar refractivity (Wildman–Crippen MR) is 91.3 cm³/mol. The number of thiophene rings is 1. The number of alkyl halides is 2. The summed E-state index contributed by atoms with van der Waals surface area (Å²) in [5.74, 6) is -3.30. The second-order valence-corrected chi connectivity index (χ2v) is 6.82. The quantitative estimate of drug-likeness (QED) is 0.585. The van der Waals surface area contributed by atoms with Gasteiger partial charge in [0.05, 0.1) is 11.6 Å². The number of hydrogen-bond acceptors (Lipinski definition) is 5. The number of anilines is 1. The van der Waals surface area contributed by atoms with Crippen LogP contribution in [0.1, 0.15) is 32.5 Å². The maximum Gasteiger partial charge on any atom is 0.348 e. The van der Waals surface area contributed by atoms with Crippen molar-refractivity contribution in [3.05, 3.63) is 46.3 Å². The van der Waals surface area contributed by atoms with E-state index in [0.29, 0.717) is 32.1 Å². The Morgan fingerprint density at radius 1 is 1.29 bits per heavy atom. The van der Waals surface area contributed by atoms with Crippen LogP contribution in [0.3, 0.4) is 0 Å². The highest BCUT2D eigenvalue weighted by Gasteiger charge is 2.16. The summed E-state index contributed by atoms with van der Waals surface area (Å²) in [6.45, 7) is 3.76. The second kappa shape index (κ2) is 8.25. The van der Waals surface area contributed by atoms with Crippen LogP contribution in [-0.4, -0.2) is 24.2 Å². The van der Waals surface area contributed by atoms with E-state index in [1.807, 2.05) is 0 Å². The van der Waals surface area contributed by atoms with E-state index < -0.39 is 11.7 Å². The Bertz CT molecular complexity index is 729. The Morgan fingerprint density at radius 3 is 2.54 bits per heavy atom. The van der Waals surface area contributed by atoms with Gasteiger partial charge in [-0.05, 0) is 49.7 Å². The molecule has 0 fully saturated rings. The molecule has 24 heavy (non-hydrogen) atoms. The van der Waals surface area contributed by atoms with E-state index in [4.69, 9.17) is 4.74 Å². The monoisotopic (exact) mass is 371 g/mol. The van der Waals surface area contributed by atoms with Crippen molar-refractivity contribution in [2.24, 2.45) is 0 Å². The molecule has 1 N–H and O–H groups in total. The molecule has 1 aromatic carbocycles. The Hall–Kier alpha value is -1.93. The average molecular weight is 371 g/mol. The molecule has 0 unspecified atom stereocenters. The summed E-state index contributed by atoms with van der Waals surface area (Å²) in [7, 11) is 0. The van der Waals surface area contributed by atoms with Crippen molar-refractivity contribution in [1.82, 2.24) is 0 Å². The van der Waals surface area contributed by atoms with E-state index in [0.717, 1.165) is 16.9 Å². The van der Waals surface area contributed by atoms with Crippen molar-refractivity contribution in [3.8, 4) is 0 Å². The molecule has 8 heteroatoms. The third-order valence-corrected chi connectivity index (χ3v) is 4.81. The minimum absolute atomic E-state index is 0.279. The summed E-state index contributed by atoms with van der Waals surface area (Å²) in [6, 6.07) is 7.58. The second-order valence-electron chi connectivity index (χ2n) is 4.70. The number of carbonyl (C=O) groups is 2. The number of ether oxygens (including phenoxy) is 1. The summed E-state index contributed by atoms with van der Waals surface area (Å²) in [4.78, 5) is 24.8. The first kappa shape index (κ1) is 18.4. The lowest BCUT2D eigenvalue weighted by Gasteiger charge is -2.04. The number of halogens is 2. The normalized spacial score (nSPS) is 10.7. The van der Waals surface area contributed by atoms with Crippen LogP contribution < -0.4 is 5.32 Å². The summed E-state index contributed by atoms with van der Waals surface area (Å²) in [5, 5.41) is 3.21. The highest BCUT2D eigenvalue weighted by Crippen LogP contribution is 2.28. The zero-order valence-electron chi connectivity index (χ0n) is 13.0. The third-order valence-electron chi connectivity index (χ3n) is 2.96. The molecule has 0 saturated heterocycles. The molecular formula is C16H15F2NO3S2. The lowest BCUT2D eigenvalue weighted by atomic mass is 10.2. The van der Waals surface area contributed by atoms with Gasteiger partial charge in [0, 0.05) is 10.5 Å². The van der Waals surface area contributed by atoms with Crippen molar-refractivity contribution in [2.75, 3.05) is 11.9 Å². The molecule has 0 aliphatic rings. The summed E-state index contributed by atoms with van der Waals surface area (Å²) >= 11 is 1.55. The number of hydrogen-bond donors (Lipinski definition) is 1. The molecule has 0 atom stereocenters. The molecule has 1 heterocycles. The van der Waals surface area contributed by atoms with Crippen molar-refractivity contribution in [1.29, 1.82) is 0 Å².